The maximum Gasteiger partial charge on any atom is 0.232 e. The van der Waals surface area contributed by atoms with Gasteiger partial charge in [0.25, 0.3) is 0 Å². The fourth-order valence-electron chi connectivity index (χ4n) is 3.47. The zero-order chi connectivity index (χ0) is 19.8. The Morgan fingerprint density at radius 3 is 2.68 bits per heavy atom. The van der Waals surface area contributed by atoms with Crippen LogP contribution in [0.3, 0.4) is 0 Å². The summed E-state index contributed by atoms with van der Waals surface area (Å²) < 4.78 is 0. The highest BCUT2D eigenvalue weighted by molar-refractivity contribution is 6.42. The van der Waals surface area contributed by atoms with Gasteiger partial charge in [0.1, 0.15) is 11.6 Å². The number of carbonyl (C=O) groups is 2. The molecule has 8 nitrogen and oxygen atoms in total. The molecule has 1 aromatic heterocycles. The SMILES string of the molecule is Nc1nc(N2CCCC2)nc2c1C(C(=O)Nc1ccc(Cl)c(Cl)c1)CC(=O)N2. The number of benzene rings is 1. The predicted molar refractivity (Wildman–Crippen MR) is 109 cm³/mol. The highest BCUT2D eigenvalue weighted by Crippen LogP contribution is 2.37. The molecule has 1 fully saturated rings. The largest absolute Gasteiger partial charge is 0.383 e. The minimum absolute atomic E-state index is 0.0449. The summed E-state index contributed by atoms with van der Waals surface area (Å²) >= 11 is 11.9. The van der Waals surface area contributed by atoms with Crippen molar-refractivity contribution in [1.29, 1.82) is 0 Å². The molecule has 0 spiro atoms. The molecular weight excluding hydrogens is 403 g/mol. The summed E-state index contributed by atoms with van der Waals surface area (Å²) in [6.45, 7) is 1.68. The number of anilines is 4. The lowest BCUT2D eigenvalue weighted by Crippen LogP contribution is -2.33. The quantitative estimate of drug-likeness (QED) is 0.702. The van der Waals surface area contributed by atoms with Crippen molar-refractivity contribution in [2.45, 2.75) is 25.2 Å². The van der Waals surface area contributed by atoms with E-state index in [1.807, 2.05) is 4.90 Å². The number of amides is 2. The van der Waals surface area contributed by atoms with E-state index in [1.54, 1.807) is 18.2 Å². The Labute approximate surface area is 171 Å². The van der Waals surface area contributed by atoms with Crippen molar-refractivity contribution in [3.8, 4) is 0 Å². The molecule has 4 rings (SSSR count). The van der Waals surface area contributed by atoms with E-state index < -0.39 is 11.8 Å². The van der Waals surface area contributed by atoms with Crippen molar-refractivity contribution >= 4 is 58.3 Å². The van der Waals surface area contributed by atoms with Gasteiger partial charge in [0.05, 0.1) is 21.5 Å². The van der Waals surface area contributed by atoms with E-state index in [0.29, 0.717) is 33.1 Å². The Morgan fingerprint density at radius 1 is 1.21 bits per heavy atom. The first kappa shape index (κ1) is 18.8. The lowest BCUT2D eigenvalue weighted by Gasteiger charge is -2.26. The van der Waals surface area contributed by atoms with Crippen LogP contribution in [0.4, 0.5) is 23.3 Å². The van der Waals surface area contributed by atoms with Gasteiger partial charge in [-0.2, -0.15) is 9.97 Å². The summed E-state index contributed by atoms with van der Waals surface area (Å²) in [5, 5.41) is 6.17. The minimum atomic E-state index is -0.800. The molecule has 10 heteroatoms. The molecule has 1 aromatic carbocycles. The number of hydrogen-bond acceptors (Lipinski definition) is 6. The van der Waals surface area contributed by atoms with Crippen molar-refractivity contribution in [1.82, 2.24) is 9.97 Å². The van der Waals surface area contributed by atoms with Crippen LogP contribution in [-0.2, 0) is 9.59 Å². The van der Waals surface area contributed by atoms with Gasteiger partial charge in [0, 0.05) is 25.2 Å². The molecular formula is C18H18Cl2N6O2. The number of nitrogens with one attached hydrogen (secondary N) is 2. The van der Waals surface area contributed by atoms with E-state index in [4.69, 9.17) is 28.9 Å². The van der Waals surface area contributed by atoms with Crippen molar-refractivity contribution in [3.63, 3.8) is 0 Å². The van der Waals surface area contributed by atoms with Gasteiger partial charge in [0.15, 0.2) is 0 Å². The van der Waals surface area contributed by atoms with Crippen LogP contribution in [0.15, 0.2) is 18.2 Å². The first-order chi connectivity index (χ1) is 13.4. The zero-order valence-corrected chi connectivity index (χ0v) is 16.3. The summed E-state index contributed by atoms with van der Waals surface area (Å²) in [6, 6.07) is 4.76. The molecule has 2 aliphatic rings. The molecule has 2 aliphatic heterocycles. The number of rotatable bonds is 3. The number of aromatic nitrogens is 2. The average molecular weight is 421 g/mol. The third-order valence-electron chi connectivity index (χ3n) is 4.85. The van der Waals surface area contributed by atoms with E-state index in [2.05, 4.69) is 20.6 Å². The van der Waals surface area contributed by atoms with Gasteiger partial charge >= 0.3 is 0 Å². The summed E-state index contributed by atoms with van der Waals surface area (Å²) in [5.74, 6) is -0.530. The molecule has 0 aliphatic carbocycles. The molecule has 2 amide bonds. The second-order valence-corrected chi connectivity index (χ2v) is 7.60. The summed E-state index contributed by atoms with van der Waals surface area (Å²) in [7, 11) is 0. The van der Waals surface area contributed by atoms with Crippen LogP contribution in [0, 0.1) is 0 Å². The first-order valence-corrected chi connectivity index (χ1v) is 9.66. The topological polar surface area (TPSA) is 113 Å². The molecule has 0 bridgehead atoms. The van der Waals surface area contributed by atoms with Crippen molar-refractivity contribution in [2.24, 2.45) is 0 Å². The smallest absolute Gasteiger partial charge is 0.232 e. The summed E-state index contributed by atoms with van der Waals surface area (Å²) in [5.41, 5.74) is 7.08. The van der Waals surface area contributed by atoms with Crippen LogP contribution in [0.2, 0.25) is 10.0 Å². The molecule has 2 aromatic rings. The van der Waals surface area contributed by atoms with Gasteiger partial charge in [-0.25, -0.2) is 0 Å². The van der Waals surface area contributed by atoms with Crippen LogP contribution in [0.1, 0.15) is 30.7 Å². The van der Waals surface area contributed by atoms with E-state index in [0.717, 1.165) is 25.9 Å². The van der Waals surface area contributed by atoms with Crippen LogP contribution in [-0.4, -0.2) is 34.9 Å². The lowest BCUT2D eigenvalue weighted by atomic mass is 9.92. The molecule has 1 saturated heterocycles. The Morgan fingerprint density at radius 2 is 1.96 bits per heavy atom. The highest BCUT2D eigenvalue weighted by atomic mass is 35.5. The van der Waals surface area contributed by atoms with Crippen LogP contribution < -0.4 is 21.3 Å². The van der Waals surface area contributed by atoms with Gasteiger partial charge in [-0.3, -0.25) is 9.59 Å². The number of nitrogen functional groups attached to an aromatic ring is 1. The van der Waals surface area contributed by atoms with Gasteiger partial charge in [-0.05, 0) is 31.0 Å². The second-order valence-electron chi connectivity index (χ2n) is 6.79. The number of nitrogens with two attached hydrogens (primary N) is 1. The number of hydrogen-bond donors (Lipinski definition) is 3. The van der Waals surface area contributed by atoms with Crippen molar-refractivity contribution in [2.75, 3.05) is 34.4 Å². The maximum atomic E-state index is 12.9. The van der Waals surface area contributed by atoms with Crippen molar-refractivity contribution < 1.29 is 9.59 Å². The fourth-order valence-corrected chi connectivity index (χ4v) is 3.77. The van der Waals surface area contributed by atoms with E-state index in [-0.39, 0.29) is 18.1 Å². The van der Waals surface area contributed by atoms with E-state index >= 15 is 0 Å². The Balaban J connectivity index is 1.64. The molecule has 28 heavy (non-hydrogen) atoms. The fraction of sp³-hybridized carbons (Fsp3) is 0.333. The molecule has 1 unspecified atom stereocenters. The predicted octanol–water partition coefficient (Wildman–Crippen LogP) is 3.03. The normalized spacial score (nSPS) is 18.6. The Hall–Kier alpha value is -2.58. The molecule has 3 heterocycles. The molecule has 1 atom stereocenters. The van der Waals surface area contributed by atoms with Crippen LogP contribution in [0.25, 0.3) is 0 Å². The maximum absolute atomic E-state index is 12.9. The minimum Gasteiger partial charge on any atom is -0.383 e. The Kier molecular flexibility index (Phi) is 4.99. The zero-order valence-electron chi connectivity index (χ0n) is 14.8. The van der Waals surface area contributed by atoms with Crippen molar-refractivity contribution in [3.05, 3.63) is 33.8 Å². The molecule has 146 valence electrons. The highest BCUT2D eigenvalue weighted by Gasteiger charge is 2.35. The first-order valence-electron chi connectivity index (χ1n) is 8.90. The third-order valence-corrected chi connectivity index (χ3v) is 5.59. The molecule has 4 N–H and O–H groups in total. The number of halogens is 2. The third kappa shape index (κ3) is 3.57. The number of nitrogens with zero attached hydrogens (tertiary/aromatic N) is 3. The standard InChI is InChI=1S/C18H18Cl2N6O2/c19-11-4-3-9(7-12(11)20)22-17(28)10-8-13(27)23-16-14(10)15(21)24-18(25-16)26-5-1-2-6-26/h3-4,7,10H,1-2,5-6,8H2,(H,22,28)(H3,21,23,24,25,27). The molecule has 0 saturated carbocycles. The van der Waals surface area contributed by atoms with Crippen LogP contribution >= 0.6 is 23.2 Å². The Bertz CT molecular complexity index is 961. The second kappa shape index (κ2) is 7.44. The molecule has 0 radical (unpaired) electrons. The number of carbonyl (C=O) groups excluding carboxylic acids is 2. The summed E-state index contributed by atoms with van der Waals surface area (Å²) in [4.78, 5) is 35.9. The van der Waals surface area contributed by atoms with E-state index in [9.17, 15) is 9.59 Å². The van der Waals surface area contributed by atoms with Gasteiger partial charge in [0.2, 0.25) is 17.8 Å². The lowest BCUT2D eigenvalue weighted by molar-refractivity contribution is -0.123. The monoisotopic (exact) mass is 420 g/mol. The van der Waals surface area contributed by atoms with Gasteiger partial charge < -0.3 is 21.3 Å². The summed E-state index contributed by atoms with van der Waals surface area (Å²) in [6.07, 6.45) is 2.07. The average Bonchev–Trinajstić information content (AvgIpc) is 3.18. The van der Waals surface area contributed by atoms with Gasteiger partial charge in [-0.15, -0.1) is 0 Å². The van der Waals surface area contributed by atoms with E-state index in [1.165, 1.54) is 0 Å². The number of fused-ring (bicyclic) bond motifs is 1. The van der Waals surface area contributed by atoms with Crippen LogP contribution in [0.5, 0.6) is 0 Å². The van der Waals surface area contributed by atoms with Gasteiger partial charge in [-0.1, -0.05) is 23.2 Å².